The maximum absolute atomic E-state index is 14.1. The fourth-order valence-electron chi connectivity index (χ4n) is 5.13. The van der Waals surface area contributed by atoms with Crippen LogP contribution in [0.2, 0.25) is 5.02 Å². The zero-order chi connectivity index (χ0) is 17.1. The fourth-order valence-corrected chi connectivity index (χ4v) is 5.44. The normalized spacial score (nSPS) is 37.5. The van der Waals surface area contributed by atoms with E-state index in [0.717, 1.165) is 25.5 Å². The molecule has 1 N–H and O–H groups in total. The Morgan fingerprint density at radius 3 is 2.58 bits per heavy atom. The molecule has 4 nitrogen and oxygen atoms in total. The first kappa shape index (κ1) is 18.7. The third-order valence-corrected chi connectivity index (χ3v) is 6.77. The minimum atomic E-state index is -0.207. The second-order valence-electron chi connectivity index (χ2n) is 7.80. The number of nitrogens with zero attached hydrogens (tertiary/aromatic N) is 2. The van der Waals surface area contributed by atoms with Gasteiger partial charge in [-0.15, -0.1) is 24.0 Å². The number of fused-ring (bicyclic) bond motifs is 5. The van der Waals surface area contributed by atoms with E-state index < -0.39 is 0 Å². The van der Waals surface area contributed by atoms with E-state index in [9.17, 15) is 4.39 Å². The monoisotopic (exact) mass is 491 g/mol. The lowest BCUT2D eigenvalue weighted by Crippen LogP contribution is -2.42. The van der Waals surface area contributed by atoms with E-state index in [1.54, 1.807) is 12.1 Å². The van der Waals surface area contributed by atoms with Crippen LogP contribution in [0.3, 0.4) is 0 Å². The van der Waals surface area contributed by atoms with E-state index >= 15 is 0 Å². The highest BCUT2D eigenvalue weighted by Crippen LogP contribution is 2.48. The third kappa shape index (κ3) is 3.02. The van der Waals surface area contributed by atoms with E-state index in [-0.39, 0.29) is 41.8 Å². The van der Waals surface area contributed by atoms with Gasteiger partial charge in [-0.3, -0.25) is 4.99 Å². The van der Waals surface area contributed by atoms with Gasteiger partial charge >= 0.3 is 0 Å². The van der Waals surface area contributed by atoms with Gasteiger partial charge in [0.15, 0.2) is 5.96 Å². The molecule has 26 heavy (non-hydrogen) atoms. The van der Waals surface area contributed by atoms with Gasteiger partial charge in [0.1, 0.15) is 5.82 Å². The Balaban J connectivity index is 0.00000168. The molecule has 0 spiro atoms. The second-order valence-corrected chi connectivity index (χ2v) is 8.21. The molecule has 0 aromatic heterocycles. The molecule has 3 saturated heterocycles. The summed E-state index contributed by atoms with van der Waals surface area (Å²) in [6, 6.07) is 5.12. The standard InChI is InChI=1S/C19H23ClFN3O.HI/c1-22-19(24-8-11-12(9-24)17-6-5-16(11)25-17)23-15-7-10(15)18-13(20)3-2-4-14(18)21;/h2-4,10-12,15-17H,5-9H2,1H3,(H,22,23);1H. The van der Waals surface area contributed by atoms with Gasteiger partial charge in [0, 0.05) is 54.5 Å². The van der Waals surface area contributed by atoms with Crippen molar-refractivity contribution in [3.8, 4) is 0 Å². The Kier molecular flexibility index (Phi) is 5.11. The molecule has 1 aromatic rings. The summed E-state index contributed by atoms with van der Waals surface area (Å²) in [7, 11) is 1.83. The summed E-state index contributed by atoms with van der Waals surface area (Å²) < 4.78 is 20.2. The van der Waals surface area contributed by atoms with Crippen molar-refractivity contribution < 1.29 is 9.13 Å². The first-order valence-electron chi connectivity index (χ1n) is 9.23. The molecule has 1 aromatic carbocycles. The topological polar surface area (TPSA) is 36.9 Å². The lowest BCUT2D eigenvalue weighted by molar-refractivity contribution is 0.0767. The van der Waals surface area contributed by atoms with Crippen molar-refractivity contribution >= 4 is 41.5 Å². The maximum atomic E-state index is 14.1. The summed E-state index contributed by atoms with van der Waals surface area (Å²) in [6.45, 7) is 2.03. The predicted molar refractivity (Wildman–Crippen MR) is 111 cm³/mol. The third-order valence-electron chi connectivity index (χ3n) is 6.44. The van der Waals surface area contributed by atoms with Crippen LogP contribution in [0.25, 0.3) is 0 Å². The first-order valence-corrected chi connectivity index (χ1v) is 9.61. The number of hydrogen-bond acceptors (Lipinski definition) is 2. The molecule has 1 saturated carbocycles. The molecular weight excluding hydrogens is 468 g/mol. The Labute approximate surface area is 175 Å². The van der Waals surface area contributed by atoms with Gasteiger partial charge < -0.3 is 15.0 Å². The molecule has 7 heteroatoms. The van der Waals surface area contributed by atoms with Crippen molar-refractivity contribution in [3.63, 3.8) is 0 Å². The summed E-state index contributed by atoms with van der Waals surface area (Å²) in [5.74, 6) is 2.16. The summed E-state index contributed by atoms with van der Waals surface area (Å²) in [4.78, 5) is 6.85. The van der Waals surface area contributed by atoms with Gasteiger partial charge in [0.25, 0.3) is 0 Å². The molecular formula is C19H24ClFIN3O. The number of likely N-dealkylation sites (tertiary alicyclic amines) is 1. The number of guanidine groups is 1. The zero-order valence-corrected chi connectivity index (χ0v) is 17.8. The SMILES string of the molecule is CN=C(NC1CC1c1c(F)cccc1Cl)N1CC2C3CCC(O3)C2C1.I. The van der Waals surface area contributed by atoms with Crippen LogP contribution in [0.15, 0.2) is 23.2 Å². The number of ether oxygens (including phenoxy) is 1. The molecule has 142 valence electrons. The summed E-state index contributed by atoms with van der Waals surface area (Å²) in [5, 5.41) is 4.06. The molecule has 5 rings (SSSR count). The average Bonchev–Trinajstić information content (AvgIpc) is 2.97. The molecule has 0 radical (unpaired) electrons. The zero-order valence-electron chi connectivity index (χ0n) is 14.7. The van der Waals surface area contributed by atoms with Gasteiger partial charge in [0.05, 0.1) is 12.2 Å². The largest absolute Gasteiger partial charge is 0.374 e. The number of nitrogens with one attached hydrogen (secondary N) is 1. The van der Waals surface area contributed by atoms with Crippen molar-refractivity contribution in [2.24, 2.45) is 16.8 Å². The van der Waals surface area contributed by atoms with Crippen molar-refractivity contribution in [2.75, 3.05) is 20.1 Å². The Morgan fingerprint density at radius 1 is 1.27 bits per heavy atom. The van der Waals surface area contributed by atoms with E-state index in [2.05, 4.69) is 15.2 Å². The smallest absolute Gasteiger partial charge is 0.193 e. The molecule has 3 aliphatic heterocycles. The molecule has 0 amide bonds. The number of hydrogen-bond donors (Lipinski definition) is 1. The van der Waals surface area contributed by atoms with Crippen molar-refractivity contribution in [3.05, 3.63) is 34.6 Å². The molecule has 4 aliphatic rings. The lowest BCUT2D eigenvalue weighted by Gasteiger charge is -2.23. The second kappa shape index (κ2) is 7.09. The molecule has 2 bridgehead atoms. The van der Waals surface area contributed by atoms with Crippen LogP contribution in [-0.4, -0.2) is 49.2 Å². The van der Waals surface area contributed by atoms with Crippen molar-refractivity contribution in [1.29, 1.82) is 0 Å². The van der Waals surface area contributed by atoms with Crippen LogP contribution in [-0.2, 0) is 4.74 Å². The number of benzene rings is 1. The quantitative estimate of drug-likeness (QED) is 0.390. The Hall–Kier alpha value is -0.600. The van der Waals surface area contributed by atoms with Crippen LogP contribution in [0, 0.1) is 17.7 Å². The van der Waals surface area contributed by atoms with Crippen molar-refractivity contribution in [1.82, 2.24) is 10.2 Å². The molecule has 6 atom stereocenters. The van der Waals surface area contributed by atoms with Crippen LogP contribution in [0.4, 0.5) is 4.39 Å². The van der Waals surface area contributed by atoms with E-state index in [1.807, 2.05) is 7.05 Å². The number of halogens is 3. The molecule has 3 heterocycles. The van der Waals surface area contributed by atoms with Crippen LogP contribution in [0.1, 0.15) is 30.7 Å². The van der Waals surface area contributed by atoms with E-state index in [1.165, 1.54) is 18.9 Å². The average molecular weight is 492 g/mol. The molecule has 4 fully saturated rings. The minimum Gasteiger partial charge on any atom is -0.374 e. The summed E-state index contributed by atoms with van der Waals surface area (Å²) in [6.07, 6.45) is 4.21. The molecule has 6 unspecified atom stereocenters. The summed E-state index contributed by atoms with van der Waals surface area (Å²) in [5.41, 5.74) is 0.641. The summed E-state index contributed by atoms with van der Waals surface area (Å²) >= 11 is 6.21. The fraction of sp³-hybridized carbons (Fsp3) is 0.632. The van der Waals surface area contributed by atoms with Gasteiger partial charge in [-0.1, -0.05) is 17.7 Å². The van der Waals surface area contributed by atoms with Crippen LogP contribution >= 0.6 is 35.6 Å². The predicted octanol–water partition coefficient (Wildman–Crippen LogP) is 3.64. The lowest BCUT2D eigenvalue weighted by atomic mass is 9.82. The highest BCUT2D eigenvalue weighted by atomic mass is 127. The Morgan fingerprint density at radius 2 is 1.96 bits per heavy atom. The van der Waals surface area contributed by atoms with E-state index in [0.29, 0.717) is 34.6 Å². The van der Waals surface area contributed by atoms with Gasteiger partial charge in [-0.05, 0) is 31.4 Å². The van der Waals surface area contributed by atoms with Gasteiger partial charge in [0.2, 0.25) is 0 Å². The number of rotatable bonds is 2. The van der Waals surface area contributed by atoms with Crippen molar-refractivity contribution in [2.45, 2.75) is 43.4 Å². The van der Waals surface area contributed by atoms with Gasteiger partial charge in [-0.2, -0.15) is 0 Å². The van der Waals surface area contributed by atoms with Crippen LogP contribution < -0.4 is 5.32 Å². The highest BCUT2D eigenvalue weighted by molar-refractivity contribution is 14.0. The van der Waals surface area contributed by atoms with E-state index in [4.69, 9.17) is 16.3 Å². The Bertz CT molecular complexity index is 694. The first-order chi connectivity index (χ1) is 12.2. The number of aliphatic imine (C=N–C) groups is 1. The minimum absolute atomic E-state index is 0. The van der Waals surface area contributed by atoms with Gasteiger partial charge in [-0.25, -0.2) is 4.39 Å². The van der Waals surface area contributed by atoms with Crippen LogP contribution in [0.5, 0.6) is 0 Å². The molecule has 1 aliphatic carbocycles. The maximum Gasteiger partial charge on any atom is 0.193 e. The highest BCUT2D eigenvalue weighted by Gasteiger charge is 2.54.